The number of sulfonamides is 1. The number of ether oxygens (including phenoxy) is 1. The van der Waals surface area contributed by atoms with Crippen LogP contribution in [0.2, 0.25) is 0 Å². The Balaban J connectivity index is 2.26. The second kappa shape index (κ2) is 6.15. The van der Waals surface area contributed by atoms with Crippen molar-refractivity contribution in [3.8, 4) is 5.75 Å². The maximum Gasteiger partial charge on any atom is 0.238 e. The number of hydrogen-bond acceptors (Lipinski definition) is 5. The lowest BCUT2D eigenvalue weighted by Gasteiger charge is -2.13. The molecular weight excluding hydrogens is 292 g/mol. The molecule has 7 nitrogen and oxygen atoms in total. The number of methoxy groups -OCH3 is 1. The van der Waals surface area contributed by atoms with Crippen LogP contribution in [0.1, 0.15) is 12.6 Å². The fourth-order valence-corrected chi connectivity index (χ4v) is 2.51. The molecule has 0 radical (unpaired) electrons. The number of rotatable bonds is 6. The van der Waals surface area contributed by atoms with Gasteiger partial charge in [0.1, 0.15) is 5.75 Å². The fraction of sp³-hybridized carbons (Fsp3) is 0.308. The number of aryl methyl sites for hydroxylation is 1. The summed E-state index contributed by atoms with van der Waals surface area (Å²) in [5, 5.41) is 8.29. The molecule has 0 aliphatic heterocycles. The van der Waals surface area contributed by atoms with Crippen LogP contribution in [-0.4, -0.2) is 25.1 Å². The molecule has 0 fully saturated rings. The summed E-state index contributed by atoms with van der Waals surface area (Å²) < 4.78 is 30.0. The molecule has 0 aliphatic rings. The second-order valence-electron chi connectivity index (χ2n) is 4.43. The fourth-order valence-electron chi connectivity index (χ4n) is 1.97. The van der Waals surface area contributed by atoms with Crippen LogP contribution in [0.3, 0.4) is 0 Å². The summed E-state index contributed by atoms with van der Waals surface area (Å²) in [4.78, 5) is 4.12. The smallest absolute Gasteiger partial charge is 0.238 e. The lowest BCUT2D eigenvalue weighted by atomic mass is 10.3. The molecule has 114 valence electrons. The molecule has 21 heavy (non-hydrogen) atoms. The van der Waals surface area contributed by atoms with E-state index in [0.717, 1.165) is 12.2 Å². The van der Waals surface area contributed by atoms with Gasteiger partial charge in [-0.25, -0.2) is 18.5 Å². The molecule has 0 amide bonds. The van der Waals surface area contributed by atoms with Gasteiger partial charge in [-0.3, -0.25) is 0 Å². The molecular formula is C13H18N4O3S. The molecule has 0 saturated carbocycles. The molecule has 1 aromatic carbocycles. The van der Waals surface area contributed by atoms with Gasteiger partial charge in [-0.1, -0.05) is 0 Å². The summed E-state index contributed by atoms with van der Waals surface area (Å²) in [6.07, 6.45) is 3.50. The molecule has 0 atom stereocenters. The summed E-state index contributed by atoms with van der Waals surface area (Å²) in [6, 6.07) is 4.44. The lowest BCUT2D eigenvalue weighted by molar-refractivity contribution is 0.416. The molecule has 1 heterocycles. The molecule has 2 rings (SSSR count). The minimum absolute atomic E-state index is 0.0369. The molecule has 2 aromatic rings. The Hall–Kier alpha value is -2.06. The minimum Gasteiger partial charge on any atom is -0.495 e. The summed E-state index contributed by atoms with van der Waals surface area (Å²) in [5.41, 5.74) is 1.55. The van der Waals surface area contributed by atoms with Gasteiger partial charge in [-0.2, -0.15) is 0 Å². The van der Waals surface area contributed by atoms with Gasteiger partial charge in [0.15, 0.2) is 0 Å². The number of nitrogens with one attached hydrogen (secondary N) is 1. The third-order valence-electron chi connectivity index (χ3n) is 3.10. The Morgan fingerprint density at radius 2 is 2.19 bits per heavy atom. The largest absolute Gasteiger partial charge is 0.495 e. The highest BCUT2D eigenvalue weighted by Gasteiger charge is 2.12. The maximum absolute atomic E-state index is 11.4. The van der Waals surface area contributed by atoms with Crippen LogP contribution < -0.4 is 15.2 Å². The number of nitrogens with two attached hydrogens (primary N) is 1. The van der Waals surface area contributed by atoms with Crippen molar-refractivity contribution in [1.29, 1.82) is 0 Å². The average molecular weight is 310 g/mol. The Morgan fingerprint density at radius 3 is 2.81 bits per heavy atom. The van der Waals surface area contributed by atoms with Crippen LogP contribution in [0, 0.1) is 0 Å². The predicted octanol–water partition coefficient (Wildman–Crippen LogP) is 1.17. The molecule has 3 N–H and O–H groups in total. The SMILES string of the molecule is CCn1cncc1CNc1cc(S(N)(=O)=O)ccc1OC. The van der Waals surface area contributed by atoms with Gasteiger partial charge in [0.25, 0.3) is 0 Å². The summed E-state index contributed by atoms with van der Waals surface area (Å²) in [5.74, 6) is 0.546. The van der Waals surface area contributed by atoms with E-state index in [0.29, 0.717) is 18.0 Å². The Labute approximate surface area is 123 Å². The van der Waals surface area contributed by atoms with Crippen LogP contribution in [0.5, 0.6) is 5.75 Å². The number of anilines is 1. The van der Waals surface area contributed by atoms with Gasteiger partial charge in [-0.15, -0.1) is 0 Å². The van der Waals surface area contributed by atoms with Crippen LogP contribution in [-0.2, 0) is 23.1 Å². The van der Waals surface area contributed by atoms with E-state index in [2.05, 4.69) is 10.3 Å². The van der Waals surface area contributed by atoms with Gasteiger partial charge in [0.2, 0.25) is 10.0 Å². The number of primary sulfonamides is 1. The normalized spacial score (nSPS) is 11.4. The highest BCUT2D eigenvalue weighted by atomic mass is 32.2. The van der Waals surface area contributed by atoms with Crippen molar-refractivity contribution >= 4 is 15.7 Å². The first-order valence-electron chi connectivity index (χ1n) is 6.39. The number of nitrogens with zero attached hydrogens (tertiary/aromatic N) is 2. The van der Waals surface area contributed by atoms with E-state index in [1.54, 1.807) is 18.6 Å². The van der Waals surface area contributed by atoms with E-state index in [1.165, 1.54) is 19.2 Å². The van der Waals surface area contributed by atoms with Crippen molar-refractivity contribution in [3.63, 3.8) is 0 Å². The lowest BCUT2D eigenvalue weighted by Crippen LogP contribution is -2.13. The minimum atomic E-state index is -3.75. The van der Waals surface area contributed by atoms with Crippen LogP contribution >= 0.6 is 0 Å². The summed E-state index contributed by atoms with van der Waals surface area (Å²) in [6.45, 7) is 3.33. The molecule has 8 heteroatoms. The molecule has 0 unspecified atom stereocenters. The molecule has 0 saturated heterocycles. The first kappa shape index (κ1) is 15.3. The van der Waals surface area contributed by atoms with Crippen molar-refractivity contribution in [2.24, 2.45) is 5.14 Å². The van der Waals surface area contributed by atoms with Crippen LogP contribution in [0.4, 0.5) is 5.69 Å². The Morgan fingerprint density at radius 1 is 1.43 bits per heavy atom. The van der Waals surface area contributed by atoms with E-state index < -0.39 is 10.0 Å². The van der Waals surface area contributed by atoms with E-state index in [4.69, 9.17) is 9.88 Å². The number of hydrogen-bond donors (Lipinski definition) is 2. The van der Waals surface area contributed by atoms with Crippen molar-refractivity contribution in [2.45, 2.75) is 24.9 Å². The summed E-state index contributed by atoms with van der Waals surface area (Å²) in [7, 11) is -2.23. The Kier molecular flexibility index (Phi) is 4.49. The zero-order valence-electron chi connectivity index (χ0n) is 11.9. The third-order valence-corrected chi connectivity index (χ3v) is 4.01. The van der Waals surface area contributed by atoms with Crippen molar-refractivity contribution in [2.75, 3.05) is 12.4 Å². The quantitative estimate of drug-likeness (QED) is 0.834. The molecule has 0 aliphatic carbocycles. The number of imidazole rings is 1. The van der Waals surface area contributed by atoms with E-state index in [-0.39, 0.29) is 4.90 Å². The standard InChI is InChI=1S/C13H18N4O3S/c1-3-17-9-15-7-10(17)8-16-12-6-11(21(14,18)19)4-5-13(12)20-2/h4-7,9,16H,3,8H2,1-2H3,(H2,14,18,19). The first-order valence-corrected chi connectivity index (χ1v) is 7.94. The van der Waals surface area contributed by atoms with Crippen LogP contribution in [0.15, 0.2) is 35.6 Å². The second-order valence-corrected chi connectivity index (χ2v) is 5.99. The van der Waals surface area contributed by atoms with Gasteiger partial charge in [0.05, 0.1) is 36.3 Å². The molecule has 1 aromatic heterocycles. The highest BCUT2D eigenvalue weighted by Crippen LogP contribution is 2.27. The highest BCUT2D eigenvalue weighted by molar-refractivity contribution is 7.89. The maximum atomic E-state index is 11.4. The number of aromatic nitrogens is 2. The van der Waals surface area contributed by atoms with Gasteiger partial charge in [0, 0.05) is 12.7 Å². The van der Waals surface area contributed by atoms with E-state index in [1.807, 2.05) is 11.5 Å². The van der Waals surface area contributed by atoms with E-state index >= 15 is 0 Å². The monoisotopic (exact) mass is 310 g/mol. The zero-order valence-corrected chi connectivity index (χ0v) is 12.7. The zero-order chi connectivity index (χ0) is 15.5. The van der Waals surface area contributed by atoms with Crippen molar-refractivity contribution in [1.82, 2.24) is 9.55 Å². The number of benzene rings is 1. The average Bonchev–Trinajstić information content (AvgIpc) is 2.91. The van der Waals surface area contributed by atoms with E-state index in [9.17, 15) is 8.42 Å². The topological polar surface area (TPSA) is 99.2 Å². The Bertz CT molecular complexity index is 725. The predicted molar refractivity (Wildman–Crippen MR) is 79.6 cm³/mol. The van der Waals surface area contributed by atoms with Gasteiger partial charge in [-0.05, 0) is 25.1 Å². The van der Waals surface area contributed by atoms with Gasteiger partial charge >= 0.3 is 0 Å². The van der Waals surface area contributed by atoms with Crippen LogP contribution in [0.25, 0.3) is 0 Å². The molecule has 0 spiro atoms. The molecule has 0 bridgehead atoms. The first-order chi connectivity index (χ1) is 9.95. The van der Waals surface area contributed by atoms with Crippen molar-refractivity contribution < 1.29 is 13.2 Å². The summed E-state index contributed by atoms with van der Waals surface area (Å²) >= 11 is 0. The van der Waals surface area contributed by atoms with Crippen molar-refractivity contribution in [3.05, 3.63) is 36.4 Å². The van der Waals surface area contributed by atoms with Gasteiger partial charge < -0.3 is 14.6 Å². The third kappa shape index (κ3) is 3.53.